The van der Waals surface area contributed by atoms with Gasteiger partial charge in [0.2, 0.25) is 0 Å². The summed E-state index contributed by atoms with van der Waals surface area (Å²) < 4.78 is 17.3. The van der Waals surface area contributed by atoms with Gasteiger partial charge in [0.15, 0.2) is 11.5 Å². The first-order valence-electron chi connectivity index (χ1n) is 7.73. The van der Waals surface area contributed by atoms with Crippen LogP contribution in [0.3, 0.4) is 0 Å². The van der Waals surface area contributed by atoms with Crippen LogP contribution in [0.5, 0.6) is 17.2 Å². The van der Waals surface area contributed by atoms with Gasteiger partial charge in [-0.2, -0.15) is 0 Å². The molecule has 2 rings (SSSR count). The third kappa shape index (κ3) is 3.98. The summed E-state index contributed by atoms with van der Waals surface area (Å²) in [6.45, 7) is 3.42. The second-order valence-electron chi connectivity index (χ2n) is 5.04. The fourth-order valence-electron chi connectivity index (χ4n) is 2.27. The molecule has 0 N–H and O–H groups in total. The first-order chi connectivity index (χ1) is 10.8. The highest BCUT2D eigenvalue weighted by Crippen LogP contribution is 2.41. The lowest BCUT2D eigenvalue weighted by Gasteiger charge is -2.16. The molecule has 0 aliphatic carbocycles. The van der Waals surface area contributed by atoms with Gasteiger partial charge in [-0.05, 0) is 12.8 Å². The van der Waals surface area contributed by atoms with Crippen molar-refractivity contribution in [1.29, 1.82) is 0 Å². The van der Waals surface area contributed by atoms with E-state index in [0.29, 0.717) is 24.8 Å². The van der Waals surface area contributed by atoms with Gasteiger partial charge in [-0.25, -0.2) is 0 Å². The van der Waals surface area contributed by atoms with Crippen molar-refractivity contribution in [2.75, 3.05) is 26.2 Å². The first kappa shape index (κ1) is 16.8. The van der Waals surface area contributed by atoms with E-state index in [1.54, 1.807) is 7.11 Å². The Kier molecular flexibility index (Phi) is 6.66. The minimum absolute atomic E-state index is 0.590. The van der Waals surface area contributed by atoms with Gasteiger partial charge >= 0.3 is 0 Å². The van der Waals surface area contributed by atoms with E-state index in [1.165, 1.54) is 0 Å². The monoisotopic (exact) mass is 322 g/mol. The van der Waals surface area contributed by atoms with Gasteiger partial charge in [-0.3, -0.25) is 0 Å². The van der Waals surface area contributed by atoms with E-state index in [4.69, 9.17) is 25.8 Å². The summed E-state index contributed by atoms with van der Waals surface area (Å²) in [4.78, 5) is 0. The molecule has 0 unspecified atom stereocenters. The fraction of sp³-hybridized carbons (Fsp3) is 0.444. The molecule has 0 fully saturated rings. The summed E-state index contributed by atoms with van der Waals surface area (Å²) >= 11 is 5.72. The van der Waals surface area contributed by atoms with Gasteiger partial charge in [0, 0.05) is 22.7 Å². The van der Waals surface area contributed by atoms with Crippen molar-refractivity contribution in [2.24, 2.45) is 0 Å². The molecule has 0 saturated heterocycles. The van der Waals surface area contributed by atoms with E-state index in [-0.39, 0.29) is 0 Å². The number of unbranched alkanes of at least 4 members (excludes halogenated alkanes) is 1. The van der Waals surface area contributed by atoms with Crippen LogP contribution in [0.4, 0.5) is 0 Å². The number of rotatable bonds is 9. The summed E-state index contributed by atoms with van der Waals surface area (Å²) in [5.74, 6) is 2.89. The van der Waals surface area contributed by atoms with Crippen LogP contribution in [-0.2, 0) is 0 Å². The maximum atomic E-state index is 5.96. The van der Waals surface area contributed by atoms with Crippen LogP contribution >= 0.6 is 11.6 Å². The molecule has 4 heteroatoms. The van der Waals surface area contributed by atoms with Crippen molar-refractivity contribution in [1.82, 2.24) is 0 Å². The normalized spacial score (nSPS) is 10.7. The quantitative estimate of drug-likeness (QED) is 0.478. The number of methoxy groups -OCH3 is 1. The van der Waals surface area contributed by atoms with Crippen molar-refractivity contribution in [2.45, 2.75) is 26.2 Å². The maximum Gasteiger partial charge on any atom is 0.169 e. The number of ether oxygens (including phenoxy) is 3. The van der Waals surface area contributed by atoms with E-state index < -0.39 is 0 Å². The Morgan fingerprint density at radius 3 is 2.36 bits per heavy atom. The van der Waals surface area contributed by atoms with Gasteiger partial charge in [-0.15, -0.1) is 11.6 Å². The van der Waals surface area contributed by atoms with Crippen LogP contribution in [0.15, 0.2) is 30.3 Å². The highest BCUT2D eigenvalue weighted by molar-refractivity contribution is 6.17. The third-order valence-corrected chi connectivity index (χ3v) is 3.69. The summed E-state index contributed by atoms with van der Waals surface area (Å²) in [5, 5.41) is 2.04. The number of hydrogen-bond acceptors (Lipinski definition) is 3. The summed E-state index contributed by atoms with van der Waals surface area (Å²) in [6, 6.07) is 9.97. The second-order valence-corrected chi connectivity index (χ2v) is 5.42. The Morgan fingerprint density at radius 1 is 0.955 bits per heavy atom. The van der Waals surface area contributed by atoms with Crippen molar-refractivity contribution < 1.29 is 14.2 Å². The number of benzene rings is 2. The van der Waals surface area contributed by atoms with Crippen LogP contribution in [0, 0.1) is 0 Å². The highest BCUT2D eigenvalue weighted by Gasteiger charge is 2.14. The molecule has 2 aromatic rings. The smallest absolute Gasteiger partial charge is 0.169 e. The molecule has 2 aromatic carbocycles. The average Bonchev–Trinajstić information content (AvgIpc) is 2.56. The lowest BCUT2D eigenvalue weighted by atomic mass is 10.1. The zero-order valence-corrected chi connectivity index (χ0v) is 14.0. The summed E-state index contributed by atoms with van der Waals surface area (Å²) in [7, 11) is 1.65. The number of hydrogen-bond donors (Lipinski definition) is 0. The lowest BCUT2D eigenvalue weighted by Crippen LogP contribution is -2.02. The summed E-state index contributed by atoms with van der Waals surface area (Å²) in [5.41, 5.74) is 0. The Balaban J connectivity index is 2.39. The minimum atomic E-state index is 0.590. The average molecular weight is 323 g/mol. The van der Waals surface area contributed by atoms with Crippen LogP contribution in [0.1, 0.15) is 26.2 Å². The summed E-state index contributed by atoms with van der Waals surface area (Å²) in [6.07, 6.45) is 2.93. The van der Waals surface area contributed by atoms with Crippen molar-refractivity contribution >= 4 is 22.4 Å². The van der Waals surface area contributed by atoms with Crippen molar-refractivity contribution in [3.05, 3.63) is 30.3 Å². The molecule has 3 nitrogen and oxygen atoms in total. The molecule has 0 aliphatic rings. The predicted octanol–water partition coefficient (Wildman–Crippen LogP) is 5.04. The van der Waals surface area contributed by atoms with E-state index in [0.717, 1.165) is 41.5 Å². The first-order valence-corrected chi connectivity index (χ1v) is 8.26. The lowest BCUT2D eigenvalue weighted by molar-refractivity contribution is 0.288. The van der Waals surface area contributed by atoms with Crippen LogP contribution < -0.4 is 14.2 Å². The Bertz CT molecular complexity index is 598. The molecule has 0 bridgehead atoms. The zero-order chi connectivity index (χ0) is 15.8. The van der Waals surface area contributed by atoms with Crippen LogP contribution in [0.2, 0.25) is 0 Å². The maximum absolute atomic E-state index is 5.96. The Hall–Kier alpha value is -1.61. The molecule has 0 amide bonds. The van der Waals surface area contributed by atoms with E-state index >= 15 is 0 Å². The Labute approximate surface area is 137 Å². The molecule has 0 heterocycles. The van der Waals surface area contributed by atoms with E-state index in [1.807, 2.05) is 30.3 Å². The minimum Gasteiger partial charge on any atom is -0.493 e. The predicted molar refractivity (Wildman–Crippen MR) is 91.7 cm³/mol. The Morgan fingerprint density at radius 2 is 1.68 bits per heavy atom. The largest absolute Gasteiger partial charge is 0.493 e. The molecule has 0 spiro atoms. The van der Waals surface area contributed by atoms with Gasteiger partial charge in [0.05, 0.1) is 20.3 Å². The SMILES string of the molecule is CCCCOc1c(OC)cc(OCCCCl)c2ccccc12. The molecule has 0 radical (unpaired) electrons. The highest BCUT2D eigenvalue weighted by atomic mass is 35.5. The topological polar surface area (TPSA) is 27.7 Å². The van der Waals surface area contributed by atoms with E-state index in [9.17, 15) is 0 Å². The van der Waals surface area contributed by atoms with Gasteiger partial charge < -0.3 is 14.2 Å². The zero-order valence-electron chi connectivity index (χ0n) is 13.2. The number of alkyl halides is 1. The molecular formula is C18H23ClO3. The van der Waals surface area contributed by atoms with Crippen molar-refractivity contribution in [3.63, 3.8) is 0 Å². The van der Waals surface area contributed by atoms with E-state index in [2.05, 4.69) is 6.92 Å². The molecule has 0 saturated carbocycles. The molecule has 120 valence electrons. The van der Waals surface area contributed by atoms with Crippen LogP contribution in [0.25, 0.3) is 10.8 Å². The van der Waals surface area contributed by atoms with Gasteiger partial charge in [-0.1, -0.05) is 37.6 Å². The van der Waals surface area contributed by atoms with Crippen molar-refractivity contribution in [3.8, 4) is 17.2 Å². The van der Waals surface area contributed by atoms with Gasteiger partial charge in [0.1, 0.15) is 5.75 Å². The standard InChI is InChI=1S/C18H23ClO3/c1-3-4-11-22-18-15-9-6-5-8-14(15)16(13-17(18)20-2)21-12-7-10-19/h5-6,8-9,13H,3-4,7,10-12H2,1-2H3. The fourth-order valence-corrected chi connectivity index (χ4v) is 2.38. The number of halogens is 1. The molecule has 22 heavy (non-hydrogen) atoms. The van der Waals surface area contributed by atoms with Crippen LogP contribution in [-0.4, -0.2) is 26.2 Å². The number of fused-ring (bicyclic) bond motifs is 1. The van der Waals surface area contributed by atoms with Gasteiger partial charge in [0.25, 0.3) is 0 Å². The third-order valence-electron chi connectivity index (χ3n) is 3.42. The molecular weight excluding hydrogens is 300 g/mol. The second kappa shape index (κ2) is 8.74. The molecule has 0 aliphatic heterocycles. The molecule has 0 atom stereocenters. The molecule has 0 aromatic heterocycles.